The van der Waals surface area contributed by atoms with E-state index >= 15 is 0 Å². The molecule has 3 heterocycles. The van der Waals surface area contributed by atoms with Crippen LogP contribution in [0.3, 0.4) is 0 Å². The Morgan fingerprint density at radius 1 is 1.19 bits per heavy atom. The fourth-order valence-corrected chi connectivity index (χ4v) is 3.84. The second-order valence-corrected chi connectivity index (χ2v) is 7.29. The summed E-state index contributed by atoms with van der Waals surface area (Å²) < 4.78 is 5.48. The Labute approximate surface area is 161 Å². The maximum Gasteiger partial charge on any atom is 0.259 e. The number of pyridine rings is 1. The Hall–Kier alpha value is -2.15. The van der Waals surface area contributed by atoms with Crippen LogP contribution in [-0.2, 0) is 4.79 Å². The fraction of sp³-hybridized carbons (Fsp3) is 0.650. The molecule has 1 unspecified atom stereocenters. The van der Waals surface area contributed by atoms with Gasteiger partial charge >= 0.3 is 0 Å². The second-order valence-electron chi connectivity index (χ2n) is 7.29. The van der Waals surface area contributed by atoms with E-state index in [1.54, 1.807) is 18.3 Å². The Morgan fingerprint density at radius 3 is 2.67 bits per heavy atom. The van der Waals surface area contributed by atoms with E-state index in [-0.39, 0.29) is 11.8 Å². The highest BCUT2D eigenvalue weighted by Crippen LogP contribution is 2.19. The minimum absolute atomic E-state index is 0.0535. The lowest BCUT2D eigenvalue weighted by Crippen LogP contribution is -2.53. The molecule has 0 aliphatic carbocycles. The van der Waals surface area contributed by atoms with Crippen molar-refractivity contribution in [3.63, 3.8) is 0 Å². The topological polar surface area (TPSA) is 66.0 Å². The number of piperazine rings is 1. The van der Waals surface area contributed by atoms with E-state index in [0.29, 0.717) is 56.8 Å². The molecular formula is C20H30N4O3. The molecule has 7 heteroatoms. The van der Waals surface area contributed by atoms with Gasteiger partial charge in [-0.05, 0) is 45.2 Å². The first-order chi connectivity index (χ1) is 13.1. The summed E-state index contributed by atoms with van der Waals surface area (Å²) in [6, 6.07) is 3.86. The number of likely N-dealkylation sites (tertiary alicyclic amines) is 1. The first-order valence-electron chi connectivity index (χ1n) is 9.99. The number of nitrogens with zero attached hydrogens (tertiary/aromatic N) is 4. The van der Waals surface area contributed by atoms with Gasteiger partial charge in [-0.2, -0.15) is 0 Å². The van der Waals surface area contributed by atoms with Crippen molar-refractivity contribution in [2.45, 2.75) is 39.2 Å². The first-order valence-corrected chi connectivity index (χ1v) is 9.99. The van der Waals surface area contributed by atoms with E-state index in [0.717, 1.165) is 19.4 Å². The summed E-state index contributed by atoms with van der Waals surface area (Å²) in [5, 5.41) is 0. The van der Waals surface area contributed by atoms with Gasteiger partial charge in [0, 0.05) is 45.0 Å². The van der Waals surface area contributed by atoms with Crippen LogP contribution in [0.25, 0.3) is 0 Å². The summed E-state index contributed by atoms with van der Waals surface area (Å²) in [7, 11) is 0. The summed E-state index contributed by atoms with van der Waals surface area (Å²) >= 11 is 0. The van der Waals surface area contributed by atoms with Gasteiger partial charge in [0.25, 0.3) is 5.91 Å². The molecule has 0 radical (unpaired) electrons. The maximum absolute atomic E-state index is 12.8. The molecule has 7 nitrogen and oxygen atoms in total. The molecule has 1 atom stereocenters. The molecule has 2 amide bonds. The number of ether oxygens (including phenoxy) is 1. The molecule has 27 heavy (non-hydrogen) atoms. The molecule has 2 aliphatic heterocycles. The second kappa shape index (κ2) is 9.17. The average Bonchev–Trinajstić information content (AvgIpc) is 2.69. The van der Waals surface area contributed by atoms with Crippen LogP contribution in [-0.4, -0.2) is 83.4 Å². The molecule has 2 fully saturated rings. The molecular weight excluding hydrogens is 344 g/mol. The number of hydrogen-bond donors (Lipinski definition) is 0. The van der Waals surface area contributed by atoms with Gasteiger partial charge in [0.1, 0.15) is 5.56 Å². The number of carbonyl (C=O) groups excluding carboxylic acids is 2. The molecule has 1 aromatic heterocycles. The van der Waals surface area contributed by atoms with Crippen molar-refractivity contribution in [3.05, 3.63) is 23.9 Å². The maximum atomic E-state index is 12.8. The third-order valence-electron chi connectivity index (χ3n) is 5.42. The molecule has 2 saturated heterocycles. The molecule has 2 aliphatic rings. The van der Waals surface area contributed by atoms with Crippen molar-refractivity contribution in [2.75, 3.05) is 45.9 Å². The average molecular weight is 374 g/mol. The monoisotopic (exact) mass is 374 g/mol. The van der Waals surface area contributed by atoms with E-state index in [1.807, 2.05) is 16.7 Å². The van der Waals surface area contributed by atoms with E-state index in [2.05, 4.69) is 16.8 Å². The van der Waals surface area contributed by atoms with Crippen LogP contribution in [0.15, 0.2) is 18.3 Å². The van der Waals surface area contributed by atoms with Crippen molar-refractivity contribution < 1.29 is 14.3 Å². The minimum atomic E-state index is -0.0535. The van der Waals surface area contributed by atoms with Crippen molar-refractivity contribution in [2.24, 2.45) is 0 Å². The molecule has 0 bridgehead atoms. The van der Waals surface area contributed by atoms with Gasteiger partial charge in [-0.25, -0.2) is 4.98 Å². The summed E-state index contributed by atoms with van der Waals surface area (Å²) in [5.74, 6) is 0.553. The largest absolute Gasteiger partial charge is 0.477 e. The van der Waals surface area contributed by atoms with Crippen LogP contribution in [0, 0.1) is 0 Å². The van der Waals surface area contributed by atoms with Crippen LogP contribution >= 0.6 is 0 Å². The Bertz CT molecular complexity index is 658. The van der Waals surface area contributed by atoms with Crippen molar-refractivity contribution in [1.82, 2.24) is 19.7 Å². The molecule has 0 saturated carbocycles. The van der Waals surface area contributed by atoms with Gasteiger partial charge in [-0.1, -0.05) is 0 Å². The molecule has 0 aromatic carbocycles. The SMILES string of the molecule is CCOc1ncccc1C(=O)N1CCN(CC(=O)N2CCCCC2C)CC1. The van der Waals surface area contributed by atoms with E-state index < -0.39 is 0 Å². The molecule has 1 aromatic rings. The van der Waals surface area contributed by atoms with Crippen LogP contribution in [0.1, 0.15) is 43.5 Å². The van der Waals surface area contributed by atoms with Crippen LogP contribution in [0.5, 0.6) is 5.88 Å². The Balaban J connectivity index is 1.53. The predicted molar refractivity (Wildman–Crippen MR) is 103 cm³/mol. The number of aromatic nitrogens is 1. The van der Waals surface area contributed by atoms with Gasteiger partial charge in [-0.15, -0.1) is 0 Å². The summed E-state index contributed by atoms with van der Waals surface area (Å²) in [6.45, 7) is 8.46. The number of hydrogen-bond acceptors (Lipinski definition) is 5. The summed E-state index contributed by atoms with van der Waals surface area (Å²) in [4.78, 5) is 35.6. The quantitative estimate of drug-likeness (QED) is 0.784. The van der Waals surface area contributed by atoms with Gasteiger partial charge < -0.3 is 14.5 Å². The molecule has 3 rings (SSSR count). The molecule has 148 valence electrons. The number of carbonyl (C=O) groups is 2. The smallest absolute Gasteiger partial charge is 0.259 e. The van der Waals surface area contributed by atoms with Crippen LogP contribution in [0.4, 0.5) is 0 Å². The number of piperidine rings is 1. The number of amides is 2. The van der Waals surface area contributed by atoms with Crippen molar-refractivity contribution in [1.29, 1.82) is 0 Å². The lowest BCUT2D eigenvalue weighted by atomic mass is 10.0. The van der Waals surface area contributed by atoms with Crippen molar-refractivity contribution in [3.8, 4) is 5.88 Å². The third-order valence-corrected chi connectivity index (χ3v) is 5.42. The molecule has 0 spiro atoms. The third kappa shape index (κ3) is 4.77. The zero-order valence-electron chi connectivity index (χ0n) is 16.4. The zero-order chi connectivity index (χ0) is 19.2. The lowest BCUT2D eigenvalue weighted by molar-refractivity contribution is -0.136. The highest BCUT2D eigenvalue weighted by atomic mass is 16.5. The van der Waals surface area contributed by atoms with Crippen LogP contribution in [0.2, 0.25) is 0 Å². The lowest BCUT2D eigenvalue weighted by Gasteiger charge is -2.38. The predicted octanol–water partition coefficient (Wildman–Crippen LogP) is 1.64. The number of rotatable bonds is 5. The Morgan fingerprint density at radius 2 is 1.96 bits per heavy atom. The van der Waals surface area contributed by atoms with Gasteiger partial charge in [-0.3, -0.25) is 14.5 Å². The van der Waals surface area contributed by atoms with Crippen molar-refractivity contribution >= 4 is 11.8 Å². The van der Waals surface area contributed by atoms with Gasteiger partial charge in [0.15, 0.2) is 0 Å². The standard InChI is InChI=1S/C20H30N4O3/c1-3-27-19-17(8-6-9-21-19)20(26)23-13-11-22(12-14-23)15-18(25)24-10-5-4-7-16(24)2/h6,8-9,16H,3-5,7,10-15H2,1-2H3. The van der Waals surface area contributed by atoms with E-state index in [4.69, 9.17) is 4.74 Å². The Kier molecular flexibility index (Phi) is 6.66. The van der Waals surface area contributed by atoms with Crippen LogP contribution < -0.4 is 4.74 Å². The summed E-state index contributed by atoms with van der Waals surface area (Å²) in [6.07, 6.45) is 5.05. The van der Waals surface area contributed by atoms with E-state index in [1.165, 1.54) is 6.42 Å². The van der Waals surface area contributed by atoms with E-state index in [9.17, 15) is 9.59 Å². The zero-order valence-corrected chi connectivity index (χ0v) is 16.4. The van der Waals surface area contributed by atoms with Gasteiger partial charge in [0.2, 0.25) is 11.8 Å². The van der Waals surface area contributed by atoms with Gasteiger partial charge in [0.05, 0.1) is 13.2 Å². The molecule has 0 N–H and O–H groups in total. The normalized spacial score (nSPS) is 21.2. The first kappa shape index (κ1) is 19.6. The highest BCUT2D eigenvalue weighted by Gasteiger charge is 2.28. The fourth-order valence-electron chi connectivity index (χ4n) is 3.84. The minimum Gasteiger partial charge on any atom is -0.477 e. The summed E-state index contributed by atoms with van der Waals surface area (Å²) in [5.41, 5.74) is 0.506. The highest BCUT2D eigenvalue weighted by molar-refractivity contribution is 5.96.